The van der Waals surface area contributed by atoms with Gasteiger partial charge in [0, 0.05) is 23.8 Å². The van der Waals surface area contributed by atoms with E-state index in [1.165, 1.54) is 40.8 Å². The van der Waals surface area contributed by atoms with Crippen LogP contribution in [-0.2, 0) is 16.0 Å². The maximum atomic E-state index is 13.7. The Labute approximate surface area is 181 Å². The minimum absolute atomic E-state index is 0.0582. The minimum Gasteiger partial charge on any atom is -0.324 e. The first-order chi connectivity index (χ1) is 14.5. The van der Waals surface area contributed by atoms with Gasteiger partial charge in [-0.25, -0.2) is 14.4 Å². The summed E-state index contributed by atoms with van der Waals surface area (Å²) in [6, 6.07) is 14.1. The third-order valence-corrected chi connectivity index (χ3v) is 6.52. The summed E-state index contributed by atoms with van der Waals surface area (Å²) in [6.45, 7) is 2.04. The molecular formula is C22H18FN3O2S2. The first-order valence-corrected chi connectivity index (χ1v) is 11.1. The van der Waals surface area contributed by atoms with Gasteiger partial charge in [-0.1, -0.05) is 53.7 Å². The van der Waals surface area contributed by atoms with E-state index in [1.807, 2.05) is 36.6 Å². The molecule has 0 aliphatic carbocycles. The molecule has 3 aromatic rings. The number of anilines is 1. The largest absolute Gasteiger partial charge is 0.324 e. The monoisotopic (exact) mass is 439 g/mol. The van der Waals surface area contributed by atoms with Crippen LogP contribution in [0.2, 0.25) is 0 Å². The van der Waals surface area contributed by atoms with Crippen LogP contribution >= 0.6 is 23.1 Å². The lowest BCUT2D eigenvalue weighted by Crippen LogP contribution is -2.21. The molecule has 30 heavy (non-hydrogen) atoms. The summed E-state index contributed by atoms with van der Waals surface area (Å²) in [6.07, 6.45) is 0.398. The van der Waals surface area contributed by atoms with Gasteiger partial charge in [0.15, 0.2) is 0 Å². The number of amides is 2. The predicted molar refractivity (Wildman–Crippen MR) is 119 cm³/mol. The van der Waals surface area contributed by atoms with E-state index in [0.29, 0.717) is 11.5 Å². The number of benzene rings is 2. The SMILES string of the molecule is Cc1ccc(-c2csc(CC3=NC(=O)[C@@H](CC(=O)Nc4ccccc4F)S3)n2)cc1. The molecule has 0 fully saturated rings. The molecule has 1 N–H and O–H groups in total. The molecule has 5 nitrogen and oxygen atoms in total. The average Bonchev–Trinajstić information content (AvgIpc) is 3.31. The van der Waals surface area contributed by atoms with E-state index in [-0.39, 0.29) is 18.0 Å². The van der Waals surface area contributed by atoms with Crippen LogP contribution < -0.4 is 5.32 Å². The molecular weight excluding hydrogens is 421 g/mol. The van der Waals surface area contributed by atoms with Crippen molar-refractivity contribution in [3.63, 3.8) is 0 Å². The Hall–Kier alpha value is -2.84. The van der Waals surface area contributed by atoms with Crippen molar-refractivity contribution in [2.75, 3.05) is 5.32 Å². The standard InChI is InChI=1S/C22H18FN3O2S2/c1-13-6-8-14(9-7-13)17-12-29-20(25-17)11-21-26-22(28)18(30-21)10-19(27)24-16-5-3-2-4-15(16)23/h2-9,12,18H,10-11H2,1H3,(H,24,27)/t18-/m1/s1. The molecule has 1 aromatic heterocycles. The first-order valence-electron chi connectivity index (χ1n) is 9.32. The number of nitrogens with one attached hydrogen (secondary N) is 1. The van der Waals surface area contributed by atoms with Gasteiger partial charge in [-0.15, -0.1) is 11.3 Å². The Bertz CT molecular complexity index is 1130. The molecule has 1 atom stereocenters. The molecule has 0 bridgehead atoms. The van der Waals surface area contributed by atoms with Crippen molar-refractivity contribution in [2.45, 2.75) is 25.0 Å². The van der Waals surface area contributed by atoms with Crippen molar-refractivity contribution in [1.29, 1.82) is 0 Å². The van der Waals surface area contributed by atoms with E-state index >= 15 is 0 Å². The Morgan fingerprint density at radius 2 is 1.93 bits per heavy atom. The van der Waals surface area contributed by atoms with Crippen LogP contribution in [0.15, 0.2) is 58.9 Å². The number of carbonyl (C=O) groups excluding carboxylic acids is 2. The topological polar surface area (TPSA) is 71.4 Å². The number of hydrogen-bond acceptors (Lipinski definition) is 5. The number of nitrogens with zero attached hydrogens (tertiary/aromatic N) is 2. The number of hydrogen-bond donors (Lipinski definition) is 1. The van der Waals surface area contributed by atoms with Gasteiger partial charge >= 0.3 is 0 Å². The predicted octanol–water partition coefficient (Wildman–Crippen LogP) is 4.87. The van der Waals surface area contributed by atoms with E-state index in [0.717, 1.165) is 16.3 Å². The summed E-state index contributed by atoms with van der Waals surface area (Å²) in [5.41, 5.74) is 3.23. The van der Waals surface area contributed by atoms with Gasteiger partial charge in [0.25, 0.3) is 5.91 Å². The van der Waals surface area contributed by atoms with Crippen molar-refractivity contribution >= 4 is 45.6 Å². The van der Waals surface area contributed by atoms with Crippen LogP contribution in [0.1, 0.15) is 17.0 Å². The van der Waals surface area contributed by atoms with E-state index in [9.17, 15) is 14.0 Å². The summed E-state index contributed by atoms with van der Waals surface area (Å²) < 4.78 is 13.7. The second-order valence-corrected chi connectivity index (χ2v) is 9.07. The second-order valence-electron chi connectivity index (χ2n) is 6.85. The molecule has 0 saturated heterocycles. The molecule has 0 spiro atoms. The Balaban J connectivity index is 1.34. The van der Waals surface area contributed by atoms with Crippen LogP contribution in [0.5, 0.6) is 0 Å². The smallest absolute Gasteiger partial charge is 0.260 e. The molecule has 1 aliphatic heterocycles. The highest BCUT2D eigenvalue weighted by atomic mass is 32.2. The number of rotatable bonds is 6. The number of aliphatic imine (C=N–C) groups is 1. The minimum atomic E-state index is -0.594. The molecule has 1 aliphatic rings. The zero-order valence-corrected chi connectivity index (χ0v) is 17.7. The molecule has 2 heterocycles. The Morgan fingerprint density at radius 1 is 1.17 bits per heavy atom. The van der Waals surface area contributed by atoms with E-state index in [1.54, 1.807) is 12.1 Å². The van der Waals surface area contributed by atoms with Crippen LogP contribution in [0.25, 0.3) is 11.3 Å². The fourth-order valence-corrected chi connectivity index (χ4v) is 4.93. The highest BCUT2D eigenvalue weighted by Gasteiger charge is 2.31. The molecule has 0 unspecified atom stereocenters. The zero-order chi connectivity index (χ0) is 21.1. The number of aryl methyl sites for hydroxylation is 1. The lowest BCUT2D eigenvalue weighted by molar-refractivity contribution is -0.121. The van der Waals surface area contributed by atoms with Crippen molar-refractivity contribution < 1.29 is 14.0 Å². The molecule has 4 rings (SSSR count). The van der Waals surface area contributed by atoms with Crippen molar-refractivity contribution in [2.24, 2.45) is 4.99 Å². The lowest BCUT2D eigenvalue weighted by atomic mass is 10.1. The van der Waals surface area contributed by atoms with E-state index < -0.39 is 17.0 Å². The van der Waals surface area contributed by atoms with Gasteiger partial charge in [-0.3, -0.25) is 9.59 Å². The second kappa shape index (κ2) is 8.89. The van der Waals surface area contributed by atoms with Gasteiger partial charge in [0.05, 0.1) is 21.4 Å². The van der Waals surface area contributed by atoms with Crippen molar-refractivity contribution in [1.82, 2.24) is 4.98 Å². The van der Waals surface area contributed by atoms with Crippen LogP contribution in [0.3, 0.4) is 0 Å². The normalized spacial score (nSPS) is 15.9. The van der Waals surface area contributed by atoms with Gasteiger partial charge in [-0.2, -0.15) is 0 Å². The third kappa shape index (κ3) is 4.83. The fraction of sp³-hybridized carbons (Fsp3) is 0.182. The number of carbonyl (C=O) groups is 2. The van der Waals surface area contributed by atoms with Crippen molar-refractivity contribution in [3.05, 3.63) is 70.3 Å². The van der Waals surface area contributed by atoms with Gasteiger partial charge in [-0.05, 0) is 19.1 Å². The molecule has 0 radical (unpaired) electrons. The van der Waals surface area contributed by atoms with Gasteiger partial charge < -0.3 is 5.32 Å². The molecule has 2 aromatic carbocycles. The molecule has 2 amide bonds. The number of para-hydroxylation sites is 1. The number of thioether (sulfide) groups is 1. The summed E-state index contributed by atoms with van der Waals surface area (Å²) in [7, 11) is 0. The summed E-state index contributed by atoms with van der Waals surface area (Å²) in [4.78, 5) is 33.2. The number of halogens is 1. The summed E-state index contributed by atoms with van der Waals surface area (Å²) in [5, 5.41) is 5.41. The maximum absolute atomic E-state index is 13.7. The van der Waals surface area contributed by atoms with Gasteiger partial charge in [0.1, 0.15) is 11.1 Å². The summed E-state index contributed by atoms with van der Waals surface area (Å²) >= 11 is 2.79. The van der Waals surface area contributed by atoms with Crippen LogP contribution in [0.4, 0.5) is 10.1 Å². The van der Waals surface area contributed by atoms with Crippen LogP contribution in [0, 0.1) is 12.7 Å². The molecule has 152 valence electrons. The fourth-order valence-electron chi connectivity index (χ4n) is 2.96. The van der Waals surface area contributed by atoms with Gasteiger partial charge in [0.2, 0.25) is 5.91 Å². The summed E-state index contributed by atoms with van der Waals surface area (Å²) in [5.74, 6) is -1.27. The van der Waals surface area contributed by atoms with Crippen LogP contribution in [-0.4, -0.2) is 27.1 Å². The quantitative estimate of drug-likeness (QED) is 0.595. The highest BCUT2D eigenvalue weighted by Crippen LogP contribution is 2.30. The first kappa shape index (κ1) is 20.4. The zero-order valence-electron chi connectivity index (χ0n) is 16.1. The van der Waals surface area contributed by atoms with E-state index in [2.05, 4.69) is 15.3 Å². The lowest BCUT2D eigenvalue weighted by Gasteiger charge is -2.08. The third-order valence-electron chi connectivity index (χ3n) is 4.51. The highest BCUT2D eigenvalue weighted by molar-refractivity contribution is 8.15. The average molecular weight is 440 g/mol. The van der Waals surface area contributed by atoms with E-state index in [4.69, 9.17) is 0 Å². The number of thiazole rings is 1. The number of aromatic nitrogens is 1. The Morgan fingerprint density at radius 3 is 2.70 bits per heavy atom. The van der Waals surface area contributed by atoms with Crippen molar-refractivity contribution in [3.8, 4) is 11.3 Å². The maximum Gasteiger partial charge on any atom is 0.260 e. The Kier molecular flexibility index (Phi) is 6.06. The molecule has 8 heteroatoms. The molecule has 0 saturated carbocycles.